The molecule has 0 spiro atoms. The monoisotopic (exact) mass is 284 g/mol. The summed E-state index contributed by atoms with van der Waals surface area (Å²) in [4.78, 5) is 18.2. The first-order valence-electron chi connectivity index (χ1n) is 6.56. The molecule has 1 rings (SSSR count). The molecule has 0 saturated heterocycles. The third-order valence-corrected chi connectivity index (χ3v) is 3.46. The highest BCUT2D eigenvalue weighted by Gasteiger charge is 2.28. The van der Waals surface area contributed by atoms with Gasteiger partial charge in [-0.15, -0.1) is 11.3 Å². The van der Waals surface area contributed by atoms with Gasteiger partial charge < -0.3 is 9.64 Å². The normalized spacial score (nSPS) is 13.4. The Balaban J connectivity index is 2.83. The van der Waals surface area contributed by atoms with Crippen LogP contribution in [0.2, 0.25) is 0 Å². The molecular weight excluding hydrogens is 260 g/mol. The summed E-state index contributed by atoms with van der Waals surface area (Å²) in [5, 5.41) is 2.90. The summed E-state index contributed by atoms with van der Waals surface area (Å²) in [5.41, 5.74) is -0.476. The smallest absolute Gasteiger partial charge is 0.410 e. The molecule has 1 atom stereocenters. The molecule has 0 aliphatic carbocycles. The first kappa shape index (κ1) is 16.0. The minimum atomic E-state index is -0.476. The van der Waals surface area contributed by atoms with Gasteiger partial charge in [0.15, 0.2) is 0 Å². The van der Waals surface area contributed by atoms with Crippen LogP contribution in [0.3, 0.4) is 0 Å². The lowest BCUT2D eigenvalue weighted by atomic mass is 10.0. The third-order valence-electron chi connectivity index (χ3n) is 2.58. The van der Waals surface area contributed by atoms with Crippen molar-refractivity contribution in [3.8, 4) is 0 Å². The van der Waals surface area contributed by atoms with Crippen LogP contribution in [-0.2, 0) is 4.74 Å². The summed E-state index contributed by atoms with van der Waals surface area (Å²) in [5.74, 6) is 0.485. The van der Waals surface area contributed by atoms with E-state index in [0.717, 1.165) is 11.4 Å². The highest BCUT2D eigenvalue weighted by atomic mass is 32.1. The van der Waals surface area contributed by atoms with Gasteiger partial charge in [-0.05, 0) is 33.1 Å². The van der Waals surface area contributed by atoms with Gasteiger partial charge in [0.1, 0.15) is 10.6 Å². The molecule has 1 heterocycles. The first-order valence-corrected chi connectivity index (χ1v) is 7.44. The van der Waals surface area contributed by atoms with Gasteiger partial charge in [-0.3, -0.25) is 0 Å². The topological polar surface area (TPSA) is 42.4 Å². The van der Waals surface area contributed by atoms with Crippen LogP contribution < -0.4 is 0 Å². The van der Waals surface area contributed by atoms with Crippen molar-refractivity contribution in [2.75, 3.05) is 7.05 Å². The van der Waals surface area contributed by atoms with Crippen LogP contribution in [-0.4, -0.2) is 28.6 Å². The van der Waals surface area contributed by atoms with Crippen LogP contribution in [0, 0.1) is 5.92 Å². The van der Waals surface area contributed by atoms with Gasteiger partial charge in [-0.2, -0.15) is 0 Å². The van der Waals surface area contributed by atoms with Gasteiger partial charge in [0, 0.05) is 18.6 Å². The number of nitrogens with zero attached hydrogens (tertiary/aromatic N) is 2. The van der Waals surface area contributed by atoms with Crippen LogP contribution >= 0.6 is 11.3 Å². The van der Waals surface area contributed by atoms with E-state index in [1.165, 1.54) is 0 Å². The van der Waals surface area contributed by atoms with Crippen molar-refractivity contribution in [2.24, 2.45) is 5.92 Å². The fourth-order valence-electron chi connectivity index (χ4n) is 1.73. The molecular formula is C14H24N2O2S. The van der Waals surface area contributed by atoms with E-state index in [9.17, 15) is 4.79 Å². The Labute approximate surface area is 119 Å². The largest absolute Gasteiger partial charge is 0.444 e. The maximum Gasteiger partial charge on any atom is 0.410 e. The number of rotatable bonds is 4. The van der Waals surface area contributed by atoms with Gasteiger partial charge in [0.2, 0.25) is 0 Å². The maximum atomic E-state index is 12.2. The first-order chi connectivity index (χ1) is 8.70. The average molecular weight is 284 g/mol. The van der Waals surface area contributed by atoms with E-state index < -0.39 is 5.60 Å². The molecule has 0 fully saturated rings. The van der Waals surface area contributed by atoms with Crippen molar-refractivity contribution < 1.29 is 9.53 Å². The van der Waals surface area contributed by atoms with E-state index in [4.69, 9.17) is 4.74 Å². The molecule has 0 radical (unpaired) electrons. The molecule has 0 saturated carbocycles. The lowest BCUT2D eigenvalue weighted by Crippen LogP contribution is -2.37. The lowest BCUT2D eigenvalue weighted by molar-refractivity contribution is 0.0201. The molecule has 1 amide bonds. The van der Waals surface area contributed by atoms with E-state index >= 15 is 0 Å². The fourth-order valence-corrected chi connectivity index (χ4v) is 2.53. The zero-order valence-electron chi connectivity index (χ0n) is 12.6. The quantitative estimate of drug-likeness (QED) is 0.836. The minimum Gasteiger partial charge on any atom is -0.444 e. The number of hydrogen-bond donors (Lipinski definition) is 0. The summed E-state index contributed by atoms with van der Waals surface area (Å²) < 4.78 is 5.42. The van der Waals surface area contributed by atoms with Crippen LogP contribution in [0.4, 0.5) is 4.79 Å². The summed E-state index contributed by atoms with van der Waals surface area (Å²) in [6.45, 7) is 9.91. The molecule has 4 nitrogen and oxygen atoms in total. The van der Waals surface area contributed by atoms with Crippen molar-refractivity contribution >= 4 is 17.4 Å². The predicted octanol–water partition coefficient (Wildman–Crippen LogP) is 4.10. The van der Waals surface area contributed by atoms with Crippen LogP contribution in [0.1, 0.15) is 52.1 Å². The Kier molecular flexibility index (Phi) is 5.35. The second-order valence-corrected chi connectivity index (χ2v) is 7.03. The highest BCUT2D eigenvalue weighted by Crippen LogP contribution is 2.29. The molecule has 0 N–H and O–H groups in total. The Morgan fingerprint density at radius 1 is 1.47 bits per heavy atom. The van der Waals surface area contributed by atoms with Crippen LogP contribution in [0.25, 0.3) is 0 Å². The van der Waals surface area contributed by atoms with E-state index in [-0.39, 0.29) is 12.1 Å². The molecule has 0 aliphatic rings. The van der Waals surface area contributed by atoms with Crippen molar-refractivity contribution in [3.05, 3.63) is 16.6 Å². The van der Waals surface area contributed by atoms with Crippen LogP contribution in [0.5, 0.6) is 0 Å². The number of carbonyl (C=O) groups is 1. The Hall–Kier alpha value is -1.10. The minimum absolute atomic E-state index is 0.0187. The zero-order valence-corrected chi connectivity index (χ0v) is 13.5. The Bertz CT molecular complexity index is 396. The third kappa shape index (κ3) is 5.19. The van der Waals surface area contributed by atoms with Gasteiger partial charge in [-0.1, -0.05) is 13.8 Å². The molecule has 19 heavy (non-hydrogen) atoms. The highest BCUT2D eigenvalue weighted by molar-refractivity contribution is 7.09. The van der Waals surface area contributed by atoms with Crippen molar-refractivity contribution in [1.82, 2.24) is 9.88 Å². The van der Waals surface area contributed by atoms with Gasteiger partial charge in [-0.25, -0.2) is 9.78 Å². The van der Waals surface area contributed by atoms with Crippen molar-refractivity contribution in [3.63, 3.8) is 0 Å². The molecule has 5 heteroatoms. The molecule has 1 aromatic rings. The van der Waals surface area contributed by atoms with E-state index in [1.54, 1.807) is 29.5 Å². The Morgan fingerprint density at radius 2 is 2.11 bits per heavy atom. The second kappa shape index (κ2) is 6.37. The molecule has 108 valence electrons. The Morgan fingerprint density at radius 3 is 2.53 bits per heavy atom. The zero-order chi connectivity index (χ0) is 14.6. The van der Waals surface area contributed by atoms with Gasteiger partial charge >= 0.3 is 6.09 Å². The SMILES string of the molecule is CC(C)CC(c1nccs1)N(C)C(=O)OC(C)(C)C. The number of aromatic nitrogens is 1. The number of amides is 1. The molecule has 0 bridgehead atoms. The standard InChI is InChI=1S/C14H24N2O2S/c1-10(2)9-11(12-15-7-8-19-12)16(6)13(17)18-14(3,4)5/h7-8,10-11H,9H2,1-6H3. The van der Waals surface area contributed by atoms with Gasteiger partial charge in [0.25, 0.3) is 0 Å². The number of carbonyl (C=O) groups excluding carboxylic acids is 1. The van der Waals surface area contributed by atoms with Crippen molar-refractivity contribution in [1.29, 1.82) is 0 Å². The lowest BCUT2D eigenvalue weighted by Gasteiger charge is -2.30. The van der Waals surface area contributed by atoms with Crippen LogP contribution in [0.15, 0.2) is 11.6 Å². The number of hydrogen-bond acceptors (Lipinski definition) is 4. The predicted molar refractivity (Wildman–Crippen MR) is 78.3 cm³/mol. The molecule has 0 aliphatic heterocycles. The number of thiazole rings is 1. The average Bonchev–Trinajstić information content (AvgIpc) is 2.75. The molecule has 1 unspecified atom stereocenters. The second-order valence-electron chi connectivity index (χ2n) is 6.11. The van der Waals surface area contributed by atoms with Gasteiger partial charge in [0.05, 0.1) is 6.04 Å². The molecule has 0 aromatic carbocycles. The maximum absolute atomic E-state index is 12.2. The fraction of sp³-hybridized carbons (Fsp3) is 0.714. The van der Waals surface area contributed by atoms with Crippen molar-refractivity contribution in [2.45, 2.75) is 52.7 Å². The van der Waals surface area contributed by atoms with E-state index in [0.29, 0.717) is 5.92 Å². The summed E-state index contributed by atoms with van der Waals surface area (Å²) >= 11 is 1.58. The summed E-state index contributed by atoms with van der Waals surface area (Å²) in [6.07, 6.45) is 2.35. The summed E-state index contributed by atoms with van der Waals surface area (Å²) in [7, 11) is 1.78. The molecule has 1 aromatic heterocycles. The van der Waals surface area contributed by atoms with E-state index in [1.807, 2.05) is 26.2 Å². The van der Waals surface area contributed by atoms with E-state index in [2.05, 4.69) is 18.8 Å². The summed E-state index contributed by atoms with van der Waals surface area (Å²) in [6, 6.07) is -0.0187. The number of ether oxygens (including phenoxy) is 1.